The Bertz CT molecular complexity index is 464. The van der Waals surface area contributed by atoms with Crippen molar-refractivity contribution >= 4 is 17.5 Å². The van der Waals surface area contributed by atoms with Crippen LogP contribution in [0.2, 0.25) is 5.02 Å². The van der Waals surface area contributed by atoms with E-state index in [1.807, 2.05) is 7.05 Å². The van der Waals surface area contributed by atoms with Crippen molar-refractivity contribution in [3.05, 3.63) is 34.6 Å². The summed E-state index contributed by atoms with van der Waals surface area (Å²) < 4.78 is 19.1. The predicted molar refractivity (Wildman–Crippen MR) is 75.4 cm³/mol. The van der Waals surface area contributed by atoms with Gasteiger partial charge in [0.25, 0.3) is 0 Å². The molecule has 1 aromatic rings. The van der Waals surface area contributed by atoms with E-state index in [2.05, 4.69) is 10.2 Å². The van der Waals surface area contributed by atoms with E-state index in [9.17, 15) is 9.18 Å². The minimum absolute atomic E-state index is 0.0196. The molecule has 110 valence electrons. The van der Waals surface area contributed by atoms with Gasteiger partial charge in [0.05, 0.1) is 19.1 Å². The molecule has 1 saturated heterocycles. The largest absolute Gasteiger partial charge is 0.374 e. The van der Waals surface area contributed by atoms with Crippen molar-refractivity contribution in [2.24, 2.45) is 0 Å². The maximum atomic E-state index is 13.6. The number of hydrogen-bond acceptors (Lipinski definition) is 3. The number of amides is 1. The van der Waals surface area contributed by atoms with Gasteiger partial charge in [-0.25, -0.2) is 4.39 Å². The fraction of sp³-hybridized carbons (Fsp3) is 0.500. The third-order valence-corrected chi connectivity index (χ3v) is 3.62. The smallest absolute Gasteiger partial charge is 0.224 e. The van der Waals surface area contributed by atoms with E-state index < -0.39 is 5.82 Å². The van der Waals surface area contributed by atoms with Crippen molar-refractivity contribution in [1.82, 2.24) is 10.2 Å². The highest BCUT2D eigenvalue weighted by Gasteiger charge is 2.19. The zero-order valence-electron chi connectivity index (χ0n) is 11.4. The maximum absolute atomic E-state index is 13.6. The minimum Gasteiger partial charge on any atom is -0.374 e. The predicted octanol–water partition coefficient (Wildman–Crippen LogP) is 1.47. The number of hydrogen-bond donors (Lipinski definition) is 1. The standard InChI is InChI=1S/C14H18ClFN2O2/c1-18-5-6-20-10(9-18)8-17-14(19)7-11-12(15)3-2-4-13(11)16/h2-4,10H,5-9H2,1H3,(H,17,19)/t10-/m1/s1. The van der Waals surface area contributed by atoms with Gasteiger partial charge in [-0.1, -0.05) is 17.7 Å². The van der Waals surface area contributed by atoms with E-state index >= 15 is 0 Å². The lowest BCUT2D eigenvalue weighted by Gasteiger charge is -2.30. The lowest BCUT2D eigenvalue weighted by molar-refractivity contribution is -0.121. The molecule has 4 nitrogen and oxygen atoms in total. The van der Waals surface area contributed by atoms with Crippen LogP contribution in [0.4, 0.5) is 4.39 Å². The van der Waals surface area contributed by atoms with Gasteiger partial charge in [0, 0.05) is 30.2 Å². The summed E-state index contributed by atoms with van der Waals surface area (Å²) in [4.78, 5) is 14.0. The van der Waals surface area contributed by atoms with Crippen LogP contribution in [-0.2, 0) is 16.0 Å². The van der Waals surface area contributed by atoms with E-state index in [0.29, 0.717) is 13.2 Å². The molecule has 0 bridgehead atoms. The van der Waals surface area contributed by atoms with E-state index in [4.69, 9.17) is 16.3 Å². The van der Waals surface area contributed by atoms with Gasteiger partial charge < -0.3 is 15.0 Å². The van der Waals surface area contributed by atoms with Crippen molar-refractivity contribution in [3.8, 4) is 0 Å². The fourth-order valence-electron chi connectivity index (χ4n) is 2.14. The molecular weight excluding hydrogens is 283 g/mol. The Hall–Kier alpha value is -1.17. The number of morpholine rings is 1. The first-order chi connectivity index (χ1) is 9.56. The quantitative estimate of drug-likeness (QED) is 0.915. The molecule has 0 saturated carbocycles. The Labute approximate surface area is 122 Å². The molecule has 0 spiro atoms. The third kappa shape index (κ3) is 4.16. The van der Waals surface area contributed by atoms with E-state index in [1.54, 1.807) is 6.07 Å². The molecule has 0 unspecified atom stereocenters. The Balaban J connectivity index is 1.83. The summed E-state index contributed by atoms with van der Waals surface area (Å²) in [6.07, 6.45) is -0.0811. The molecule has 1 heterocycles. The van der Waals surface area contributed by atoms with Gasteiger partial charge in [0.1, 0.15) is 5.82 Å². The maximum Gasteiger partial charge on any atom is 0.224 e. The zero-order chi connectivity index (χ0) is 14.5. The third-order valence-electron chi connectivity index (χ3n) is 3.27. The van der Waals surface area contributed by atoms with Crippen LogP contribution in [0.15, 0.2) is 18.2 Å². The van der Waals surface area contributed by atoms with Crippen molar-refractivity contribution in [1.29, 1.82) is 0 Å². The Kier molecular flexibility index (Phi) is 5.34. The number of rotatable bonds is 4. The molecule has 1 atom stereocenters. The molecule has 1 amide bonds. The van der Waals surface area contributed by atoms with Crippen LogP contribution in [0, 0.1) is 5.82 Å². The molecule has 1 N–H and O–H groups in total. The summed E-state index contributed by atoms with van der Waals surface area (Å²) in [7, 11) is 2.01. The molecule has 1 aliphatic rings. The van der Waals surface area contributed by atoms with Crippen LogP contribution in [0.5, 0.6) is 0 Å². The number of carbonyl (C=O) groups excluding carboxylic acids is 1. The normalized spacial score (nSPS) is 19.9. The summed E-state index contributed by atoms with van der Waals surface area (Å²) in [6.45, 7) is 2.77. The van der Waals surface area contributed by atoms with Gasteiger partial charge in [-0.3, -0.25) is 4.79 Å². The van der Waals surface area contributed by atoms with Gasteiger partial charge in [0.15, 0.2) is 0 Å². The van der Waals surface area contributed by atoms with E-state index in [0.717, 1.165) is 13.1 Å². The monoisotopic (exact) mass is 300 g/mol. The summed E-state index contributed by atoms with van der Waals surface area (Å²) >= 11 is 5.89. The Morgan fingerprint density at radius 2 is 2.40 bits per heavy atom. The van der Waals surface area contributed by atoms with Crippen LogP contribution in [-0.4, -0.2) is 50.2 Å². The number of benzene rings is 1. The summed E-state index contributed by atoms with van der Waals surface area (Å²) in [5.74, 6) is -0.713. The van der Waals surface area contributed by atoms with Crippen LogP contribution in [0.1, 0.15) is 5.56 Å². The average molecular weight is 301 g/mol. The zero-order valence-corrected chi connectivity index (χ0v) is 12.1. The summed E-state index contributed by atoms with van der Waals surface area (Å²) in [5, 5.41) is 3.03. The first-order valence-electron chi connectivity index (χ1n) is 6.56. The van der Waals surface area contributed by atoms with Crippen molar-refractivity contribution in [2.45, 2.75) is 12.5 Å². The highest BCUT2D eigenvalue weighted by Crippen LogP contribution is 2.19. The number of carbonyl (C=O) groups is 1. The number of nitrogens with zero attached hydrogens (tertiary/aromatic N) is 1. The number of halogens is 2. The summed E-state index contributed by atoms with van der Waals surface area (Å²) in [6, 6.07) is 4.39. The van der Waals surface area contributed by atoms with Crippen molar-refractivity contribution < 1.29 is 13.9 Å². The van der Waals surface area contributed by atoms with Crippen molar-refractivity contribution in [2.75, 3.05) is 33.3 Å². The number of nitrogens with one attached hydrogen (secondary N) is 1. The minimum atomic E-state index is -0.457. The number of ether oxygens (including phenoxy) is 1. The van der Waals surface area contributed by atoms with Gasteiger partial charge in [-0.2, -0.15) is 0 Å². The average Bonchev–Trinajstić information content (AvgIpc) is 2.41. The number of likely N-dealkylation sites (N-methyl/N-ethyl adjacent to an activating group) is 1. The summed E-state index contributed by atoms with van der Waals surface area (Å²) in [5.41, 5.74) is 0.230. The van der Waals surface area contributed by atoms with Gasteiger partial charge >= 0.3 is 0 Å². The van der Waals surface area contributed by atoms with Gasteiger partial charge in [0.2, 0.25) is 5.91 Å². The second kappa shape index (κ2) is 7.02. The fourth-order valence-corrected chi connectivity index (χ4v) is 2.37. The van der Waals surface area contributed by atoms with Crippen molar-refractivity contribution in [3.63, 3.8) is 0 Å². The highest BCUT2D eigenvalue weighted by atomic mass is 35.5. The molecule has 1 aliphatic heterocycles. The Morgan fingerprint density at radius 1 is 1.60 bits per heavy atom. The molecule has 1 fully saturated rings. The molecule has 0 aliphatic carbocycles. The van der Waals surface area contributed by atoms with Crippen LogP contribution >= 0.6 is 11.6 Å². The molecule has 20 heavy (non-hydrogen) atoms. The highest BCUT2D eigenvalue weighted by molar-refractivity contribution is 6.31. The molecular formula is C14H18ClFN2O2. The molecule has 2 rings (SSSR count). The molecule has 6 heteroatoms. The lowest BCUT2D eigenvalue weighted by atomic mass is 10.1. The SMILES string of the molecule is CN1CCO[C@H](CNC(=O)Cc2c(F)cccc2Cl)C1. The molecule has 1 aromatic carbocycles. The van der Waals surface area contributed by atoms with Crippen LogP contribution in [0.3, 0.4) is 0 Å². The molecule has 0 radical (unpaired) electrons. The topological polar surface area (TPSA) is 41.6 Å². The first kappa shape index (κ1) is 15.2. The van der Waals surface area contributed by atoms with E-state index in [1.165, 1.54) is 12.1 Å². The van der Waals surface area contributed by atoms with Crippen LogP contribution < -0.4 is 5.32 Å². The second-order valence-corrected chi connectivity index (χ2v) is 5.34. The molecule has 0 aromatic heterocycles. The van der Waals surface area contributed by atoms with Crippen LogP contribution in [0.25, 0.3) is 0 Å². The Morgan fingerprint density at radius 3 is 3.10 bits per heavy atom. The second-order valence-electron chi connectivity index (χ2n) is 4.94. The van der Waals surface area contributed by atoms with Gasteiger partial charge in [-0.05, 0) is 19.2 Å². The first-order valence-corrected chi connectivity index (χ1v) is 6.94. The lowest BCUT2D eigenvalue weighted by Crippen LogP contribution is -2.46. The van der Waals surface area contributed by atoms with E-state index in [-0.39, 0.29) is 29.0 Å². The van der Waals surface area contributed by atoms with Gasteiger partial charge in [-0.15, -0.1) is 0 Å².